The molecule has 0 spiro atoms. The Bertz CT molecular complexity index is 966. The van der Waals surface area contributed by atoms with Crippen molar-refractivity contribution in [3.63, 3.8) is 0 Å². The molecule has 1 aromatic heterocycles. The van der Waals surface area contributed by atoms with E-state index in [2.05, 4.69) is 15.9 Å². The number of benzene rings is 2. The van der Waals surface area contributed by atoms with Gasteiger partial charge in [-0.2, -0.15) is 0 Å². The fraction of sp³-hybridized carbons (Fsp3) is 0.0526. The van der Waals surface area contributed by atoms with Crippen molar-refractivity contribution >= 4 is 38.8 Å². The lowest BCUT2D eigenvalue weighted by atomic mass is 10.1. The number of ketones is 1. The van der Waals surface area contributed by atoms with Gasteiger partial charge in [0.1, 0.15) is 11.8 Å². The van der Waals surface area contributed by atoms with Crippen molar-refractivity contribution in [1.29, 1.82) is 0 Å². The second-order valence-corrected chi connectivity index (χ2v) is 6.14. The van der Waals surface area contributed by atoms with E-state index in [0.717, 1.165) is 10.0 Å². The molecule has 0 unspecified atom stereocenters. The first kappa shape index (κ1) is 15.4. The molecule has 4 heteroatoms. The molecule has 0 aliphatic carbocycles. The van der Waals surface area contributed by atoms with Crippen molar-refractivity contribution in [3.05, 3.63) is 86.2 Å². The van der Waals surface area contributed by atoms with Gasteiger partial charge in [-0.3, -0.25) is 9.59 Å². The molecule has 0 aliphatic rings. The Morgan fingerprint density at radius 1 is 1.13 bits per heavy atom. The largest absolute Gasteiger partial charge is 0.463 e. The van der Waals surface area contributed by atoms with Crippen LogP contribution in [-0.2, 0) is 0 Å². The van der Waals surface area contributed by atoms with Crippen LogP contribution in [0, 0.1) is 6.92 Å². The molecule has 23 heavy (non-hydrogen) atoms. The van der Waals surface area contributed by atoms with Gasteiger partial charge in [0.05, 0.1) is 10.9 Å². The van der Waals surface area contributed by atoms with Crippen molar-refractivity contribution in [3.8, 4) is 0 Å². The lowest BCUT2D eigenvalue weighted by Crippen LogP contribution is -2.05. The SMILES string of the molecule is Cc1ccc2occ(/C=C/C(=O)c3ccc(Br)cc3)c(=O)c2c1. The third-order valence-electron chi connectivity index (χ3n) is 3.50. The summed E-state index contributed by atoms with van der Waals surface area (Å²) in [4.78, 5) is 24.6. The van der Waals surface area contributed by atoms with Crippen LogP contribution in [0.2, 0.25) is 0 Å². The van der Waals surface area contributed by atoms with E-state index in [-0.39, 0.29) is 11.2 Å². The van der Waals surface area contributed by atoms with Gasteiger partial charge in [0, 0.05) is 10.0 Å². The summed E-state index contributed by atoms with van der Waals surface area (Å²) < 4.78 is 6.37. The van der Waals surface area contributed by atoms with Crippen LogP contribution in [0.15, 0.2) is 68.5 Å². The highest BCUT2D eigenvalue weighted by Gasteiger charge is 2.06. The van der Waals surface area contributed by atoms with Gasteiger partial charge in [-0.25, -0.2) is 0 Å². The Balaban J connectivity index is 1.94. The van der Waals surface area contributed by atoms with E-state index in [4.69, 9.17) is 4.42 Å². The van der Waals surface area contributed by atoms with Gasteiger partial charge in [0.25, 0.3) is 0 Å². The molecular weight excluding hydrogens is 356 g/mol. The molecule has 2 aromatic carbocycles. The number of hydrogen-bond donors (Lipinski definition) is 0. The summed E-state index contributed by atoms with van der Waals surface area (Å²) >= 11 is 3.33. The first-order valence-corrected chi connectivity index (χ1v) is 7.84. The van der Waals surface area contributed by atoms with Gasteiger partial charge >= 0.3 is 0 Å². The highest BCUT2D eigenvalue weighted by Crippen LogP contribution is 2.15. The summed E-state index contributed by atoms with van der Waals surface area (Å²) in [5.74, 6) is -0.166. The quantitative estimate of drug-likeness (QED) is 0.494. The Kier molecular flexibility index (Phi) is 4.26. The number of fused-ring (bicyclic) bond motifs is 1. The van der Waals surface area contributed by atoms with Crippen LogP contribution in [0.25, 0.3) is 17.0 Å². The van der Waals surface area contributed by atoms with Gasteiger partial charge < -0.3 is 4.42 Å². The number of hydrogen-bond acceptors (Lipinski definition) is 3. The van der Waals surface area contributed by atoms with E-state index in [9.17, 15) is 9.59 Å². The highest BCUT2D eigenvalue weighted by molar-refractivity contribution is 9.10. The maximum absolute atomic E-state index is 12.4. The number of carbonyl (C=O) groups excluding carboxylic acids is 1. The van der Waals surface area contributed by atoms with Crippen molar-refractivity contribution in [2.24, 2.45) is 0 Å². The van der Waals surface area contributed by atoms with Crippen LogP contribution in [0.1, 0.15) is 21.5 Å². The minimum atomic E-state index is -0.166. The lowest BCUT2D eigenvalue weighted by Gasteiger charge is -2.00. The van der Waals surface area contributed by atoms with Crippen LogP contribution < -0.4 is 5.43 Å². The molecule has 3 rings (SSSR count). The number of rotatable bonds is 3. The Hall–Kier alpha value is -2.46. The molecule has 0 fully saturated rings. The molecule has 3 aromatic rings. The maximum Gasteiger partial charge on any atom is 0.199 e. The average molecular weight is 369 g/mol. The molecule has 0 aliphatic heterocycles. The molecule has 3 nitrogen and oxygen atoms in total. The van der Waals surface area contributed by atoms with Gasteiger partial charge in [-0.05, 0) is 55.5 Å². The Morgan fingerprint density at radius 2 is 1.87 bits per heavy atom. The zero-order chi connectivity index (χ0) is 16.4. The van der Waals surface area contributed by atoms with Crippen molar-refractivity contribution < 1.29 is 9.21 Å². The van der Waals surface area contributed by atoms with Crippen molar-refractivity contribution in [2.75, 3.05) is 0 Å². The summed E-state index contributed by atoms with van der Waals surface area (Å²) in [5, 5.41) is 0.517. The van der Waals surface area contributed by atoms with E-state index in [1.807, 2.05) is 13.0 Å². The fourth-order valence-electron chi connectivity index (χ4n) is 2.25. The molecule has 114 valence electrons. The van der Waals surface area contributed by atoms with E-state index in [0.29, 0.717) is 22.1 Å². The molecule has 0 bridgehead atoms. The summed E-state index contributed by atoms with van der Waals surface area (Å²) in [6.07, 6.45) is 4.26. The predicted octanol–water partition coefficient (Wildman–Crippen LogP) is 4.76. The number of halogens is 1. The first-order chi connectivity index (χ1) is 11.0. The molecule has 0 saturated carbocycles. The Labute approximate surface area is 141 Å². The average Bonchev–Trinajstić information content (AvgIpc) is 2.55. The van der Waals surface area contributed by atoms with Crippen LogP contribution in [0.5, 0.6) is 0 Å². The number of carbonyl (C=O) groups is 1. The summed E-state index contributed by atoms with van der Waals surface area (Å²) in [6.45, 7) is 1.92. The predicted molar refractivity (Wildman–Crippen MR) is 94.7 cm³/mol. The van der Waals surface area contributed by atoms with Gasteiger partial charge in [0.2, 0.25) is 0 Å². The number of aryl methyl sites for hydroxylation is 1. The minimum absolute atomic E-state index is 0.144. The maximum atomic E-state index is 12.4. The third kappa shape index (κ3) is 3.32. The second-order valence-electron chi connectivity index (χ2n) is 5.22. The summed E-state index contributed by atoms with van der Waals surface area (Å²) in [6, 6.07) is 12.5. The fourth-order valence-corrected chi connectivity index (χ4v) is 2.52. The van der Waals surface area contributed by atoms with Crippen molar-refractivity contribution in [1.82, 2.24) is 0 Å². The molecular formula is C19H13BrO3. The molecule has 0 atom stereocenters. The molecule has 0 amide bonds. The first-order valence-electron chi connectivity index (χ1n) is 7.05. The normalized spacial score (nSPS) is 11.2. The Morgan fingerprint density at radius 3 is 2.61 bits per heavy atom. The van der Waals surface area contributed by atoms with E-state index in [1.165, 1.54) is 18.4 Å². The van der Waals surface area contributed by atoms with Crippen LogP contribution in [-0.4, -0.2) is 5.78 Å². The van der Waals surface area contributed by atoms with Crippen LogP contribution >= 0.6 is 15.9 Å². The molecule has 1 heterocycles. The standard InChI is InChI=1S/C19H13BrO3/c1-12-2-9-18-16(10-12)19(22)14(11-23-18)5-8-17(21)13-3-6-15(20)7-4-13/h2-11H,1H3/b8-5+. The molecule has 0 radical (unpaired) electrons. The summed E-state index contributed by atoms with van der Waals surface area (Å²) in [7, 11) is 0. The molecule has 0 N–H and O–H groups in total. The summed E-state index contributed by atoms with van der Waals surface area (Å²) in [5.41, 5.74) is 2.29. The zero-order valence-corrected chi connectivity index (χ0v) is 14.0. The van der Waals surface area contributed by atoms with E-state index >= 15 is 0 Å². The lowest BCUT2D eigenvalue weighted by molar-refractivity contribution is 0.104. The number of allylic oxidation sites excluding steroid dienone is 1. The van der Waals surface area contributed by atoms with E-state index < -0.39 is 0 Å². The second kappa shape index (κ2) is 6.34. The van der Waals surface area contributed by atoms with Gasteiger partial charge in [-0.1, -0.05) is 27.6 Å². The smallest absolute Gasteiger partial charge is 0.199 e. The van der Waals surface area contributed by atoms with Crippen LogP contribution in [0.3, 0.4) is 0 Å². The highest BCUT2D eigenvalue weighted by atomic mass is 79.9. The molecule has 0 saturated heterocycles. The monoisotopic (exact) mass is 368 g/mol. The zero-order valence-electron chi connectivity index (χ0n) is 12.4. The van der Waals surface area contributed by atoms with Crippen molar-refractivity contribution in [2.45, 2.75) is 6.92 Å². The van der Waals surface area contributed by atoms with Crippen LogP contribution in [0.4, 0.5) is 0 Å². The topological polar surface area (TPSA) is 47.3 Å². The third-order valence-corrected chi connectivity index (χ3v) is 4.03. The minimum Gasteiger partial charge on any atom is -0.463 e. The van der Waals surface area contributed by atoms with Gasteiger partial charge in [-0.15, -0.1) is 0 Å². The van der Waals surface area contributed by atoms with E-state index in [1.54, 1.807) is 36.4 Å². The van der Waals surface area contributed by atoms with Gasteiger partial charge in [0.15, 0.2) is 11.2 Å².